The second-order valence-electron chi connectivity index (χ2n) is 9.55. The topological polar surface area (TPSA) is 90.0 Å². The summed E-state index contributed by atoms with van der Waals surface area (Å²) >= 11 is 0. The number of nitrogens with one attached hydrogen (secondary N) is 1. The number of nitrogens with zero attached hydrogens (tertiary/aromatic N) is 2. The van der Waals surface area contributed by atoms with E-state index in [1.54, 1.807) is 18.0 Å². The van der Waals surface area contributed by atoms with Gasteiger partial charge in [-0.2, -0.15) is 0 Å². The zero-order valence-corrected chi connectivity index (χ0v) is 20.6. The summed E-state index contributed by atoms with van der Waals surface area (Å²) in [6, 6.07) is -0.952. The van der Waals surface area contributed by atoms with Gasteiger partial charge in [0, 0.05) is 18.7 Å². The number of likely N-dealkylation sites (N-methyl/N-ethyl adjacent to an activating group) is 1. The predicted molar refractivity (Wildman–Crippen MR) is 124 cm³/mol. The number of aliphatic carboxylic acids is 1. The molecule has 1 rings (SSSR count). The molecular formula is C24H43N3O4. The molecule has 2 amide bonds. The summed E-state index contributed by atoms with van der Waals surface area (Å²) in [5.74, 6) is -1.26. The van der Waals surface area contributed by atoms with E-state index in [4.69, 9.17) is 0 Å². The maximum atomic E-state index is 13.5. The third-order valence-electron chi connectivity index (χ3n) is 6.52. The fraction of sp³-hybridized carbons (Fsp3) is 0.792. The predicted octanol–water partition coefficient (Wildman–Crippen LogP) is 3.29. The minimum absolute atomic E-state index is 0.0336. The molecule has 1 aliphatic heterocycles. The van der Waals surface area contributed by atoms with Crippen LogP contribution in [0.25, 0.3) is 0 Å². The number of hydrogen-bond acceptors (Lipinski definition) is 4. The molecule has 2 unspecified atom stereocenters. The highest BCUT2D eigenvalue weighted by Crippen LogP contribution is 2.22. The van der Waals surface area contributed by atoms with Crippen LogP contribution in [-0.2, 0) is 14.4 Å². The fourth-order valence-corrected chi connectivity index (χ4v) is 4.23. The van der Waals surface area contributed by atoms with Crippen LogP contribution in [0.3, 0.4) is 0 Å². The van der Waals surface area contributed by atoms with Crippen LogP contribution >= 0.6 is 0 Å². The fourth-order valence-electron chi connectivity index (χ4n) is 4.23. The Labute approximate surface area is 188 Å². The SMILES string of the molecule is CCC(C)C(NC(=O)[C@H]1CCCCN1C(C)C)C(=O)N(C)[C@H](C=C(C)C(=O)O)C(C)C. The monoisotopic (exact) mass is 437 g/mol. The van der Waals surface area contributed by atoms with Gasteiger partial charge in [-0.25, -0.2) is 4.79 Å². The Bertz CT molecular complexity index is 659. The molecule has 0 aromatic rings. The van der Waals surface area contributed by atoms with Crippen LogP contribution in [0.4, 0.5) is 0 Å². The van der Waals surface area contributed by atoms with Crippen LogP contribution in [0.15, 0.2) is 11.6 Å². The van der Waals surface area contributed by atoms with Crippen LogP contribution in [0.5, 0.6) is 0 Å². The first-order valence-electron chi connectivity index (χ1n) is 11.7. The summed E-state index contributed by atoms with van der Waals surface area (Å²) in [7, 11) is 1.70. The van der Waals surface area contributed by atoms with E-state index in [1.807, 2.05) is 27.7 Å². The summed E-state index contributed by atoms with van der Waals surface area (Å²) in [6.45, 7) is 14.5. The largest absolute Gasteiger partial charge is 0.478 e. The molecule has 1 aliphatic rings. The van der Waals surface area contributed by atoms with Crippen molar-refractivity contribution in [3.8, 4) is 0 Å². The molecule has 0 aliphatic carbocycles. The van der Waals surface area contributed by atoms with E-state index in [0.29, 0.717) is 0 Å². The Kier molecular flexibility index (Phi) is 10.7. The summed E-state index contributed by atoms with van der Waals surface area (Å²) < 4.78 is 0. The zero-order valence-electron chi connectivity index (χ0n) is 20.6. The summed E-state index contributed by atoms with van der Waals surface area (Å²) in [6.07, 6.45) is 5.28. The van der Waals surface area contributed by atoms with Gasteiger partial charge in [0.15, 0.2) is 0 Å². The van der Waals surface area contributed by atoms with Crippen molar-refractivity contribution in [2.24, 2.45) is 11.8 Å². The van der Waals surface area contributed by atoms with E-state index in [1.165, 1.54) is 6.92 Å². The van der Waals surface area contributed by atoms with Crippen LogP contribution in [-0.4, -0.2) is 70.4 Å². The molecule has 0 saturated carbocycles. The standard InChI is InChI=1S/C24H43N3O4/c1-9-17(6)21(25-22(28)19-12-10-11-13-27(19)16(4)5)23(29)26(8)20(15(2)3)14-18(7)24(30)31/h14-17,19-21H,9-13H2,1-8H3,(H,25,28)(H,30,31)/t17?,19-,20-,21?/m1/s1. The minimum Gasteiger partial charge on any atom is -0.478 e. The molecule has 178 valence electrons. The van der Waals surface area contributed by atoms with E-state index in [2.05, 4.69) is 24.1 Å². The molecule has 0 aromatic carbocycles. The van der Waals surface area contributed by atoms with Gasteiger partial charge in [0.25, 0.3) is 0 Å². The Balaban J connectivity index is 3.11. The normalized spacial score (nSPS) is 21.0. The highest BCUT2D eigenvalue weighted by atomic mass is 16.4. The van der Waals surface area contributed by atoms with E-state index < -0.39 is 12.0 Å². The molecule has 0 bridgehead atoms. The zero-order chi connectivity index (χ0) is 23.9. The Morgan fingerprint density at radius 2 is 1.77 bits per heavy atom. The summed E-state index contributed by atoms with van der Waals surface area (Å²) in [5.41, 5.74) is 0.206. The van der Waals surface area contributed by atoms with Gasteiger partial charge in [0.05, 0.1) is 12.1 Å². The number of carbonyl (C=O) groups is 3. The van der Waals surface area contributed by atoms with Crippen molar-refractivity contribution in [1.29, 1.82) is 0 Å². The quantitative estimate of drug-likeness (QED) is 0.512. The Hall–Kier alpha value is -1.89. The molecule has 1 saturated heterocycles. The molecular weight excluding hydrogens is 394 g/mol. The molecule has 1 heterocycles. The molecule has 7 heteroatoms. The maximum Gasteiger partial charge on any atom is 0.331 e. The first kappa shape index (κ1) is 27.1. The van der Waals surface area contributed by atoms with Gasteiger partial charge in [-0.3, -0.25) is 14.5 Å². The lowest BCUT2D eigenvalue weighted by molar-refractivity contribution is -0.140. The summed E-state index contributed by atoms with van der Waals surface area (Å²) in [5, 5.41) is 12.3. The number of amides is 2. The van der Waals surface area contributed by atoms with Crippen molar-refractivity contribution in [3.05, 3.63) is 11.6 Å². The second kappa shape index (κ2) is 12.2. The van der Waals surface area contributed by atoms with Crippen molar-refractivity contribution >= 4 is 17.8 Å². The van der Waals surface area contributed by atoms with Gasteiger partial charge in [0.2, 0.25) is 11.8 Å². The van der Waals surface area contributed by atoms with Crippen LogP contribution in [0.2, 0.25) is 0 Å². The molecule has 1 fully saturated rings. The number of likely N-dealkylation sites (tertiary alicyclic amines) is 1. The van der Waals surface area contributed by atoms with Crippen molar-refractivity contribution < 1.29 is 19.5 Å². The number of carbonyl (C=O) groups excluding carboxylic acids is 2. The highest BCUT2D eigenvalue weighted by Gasteiger charge is 2.36. The highest BCUT2D eigenvalue weighted by molar-refractivity contribution is 5.90. The minimum atomic E-state index is -0.996. The number of carboxylic acid groups (broad SMARTS) is 1. The molecule has 0 aromatic heterocycles. The Morgan fingerprint density at radius 1 is 1.16 bits per heavy atom. The van der Waals surface area contributed by atoms with Crippen LogP contribution in [0.1, 0.15) is 74.1 Å². The van der Waals surface area contributed by atoms with Gasteiger partial charge in [-0.15, -0.1) is 0 Å². The summed E-state index contributed by atoms with van der Waals surface area (Å²) in [4.78, 5) is 41.8. The molecule has 2 N–H and O–H groups in total. The lowest BCUT2D eigenvalue weighted by atomic mass is 9.93. The van der Waals surface area contributed by atoms with Gasteiger partial charge in [-0.05, 0) is 52.0 Å². The number of piperidine rings is 1. The third kappa shape index (κ3) is 7.34. The lowest BCUT2D eigenvalue weighted by Crippen LogP contribution is -2.59. The molecule has 7 nitrogen and oxygen atoms in total. The van der Waals surface area contributed by atoms with E-state index in [0.717, 1.165) is 32.2 Å². The van der Waals surface area contributed by atoms with Crippen molar-refractivity contribution in [2.75, 3.05) is 13.6 Å². The van der Waals surface area contributed by atoms with Crippen molar-refractivity contribution in [3.63, 3.8) is 0 Å². The first-order valence-corrected chi connectivity index (χ1v) is 11.7. The third-order valence-corrected chi connectivity index (χ3v) is 6.52. The molecule has 0 spiro atoms. The van der Waals surface area contributed by atoms with E-state index in [-0.39, 0.29) is 47.3 Å². The van der Waals surface area contributed by atoms with Crippen molar-refractivity contribution in [1.82, 2.24) is 15.1 Å². The van der Waals surface area contributed by atoms with Gasteiger partial charge < -0.3 is 15.3 Å². The van der Waals surface area contributed by atoms with Gasteiger partial charge in [-0.1, -0.05) is 46.6 Å². The smallest absolute Gasteiger partial charge is 0.331 e. The molecule has 0 radical (unpaired) electrons. The lowest BCUT2D eigenvalue weighted by Gasteiger charge is -2.39. The number of carboxylic acids is 1. The average Bonchev–Trinajstić information content (AvgIpc) is 2.73. The maximum absolute atomic E-state index is 13.5. The first-order chi connectivity index (χ1) is 14.4. The Morgan fingerprint density at radius 3 is 2.26 bits per heavy atom. The van der Waals surface area contributed by atoms with Crippen LogP contribution < -0.4 is 5.32 Å². The van der Waals surface area contributed by atoms with Gasteiger partial charge >= 0.3 is 5.97 Å². The number of hydrogen-bond donors (Lipinski definition) is 2. The average molecular weight is 438 g/mol. The van der Waals surface area contributed by atoms with Crippen LogP contribution in [0, 0.1) is 11.8 Å². The van der Waals surface area contributed by atoms with Crippen molar-refractivity contribution in [2.45, 2.75) is 98.3 Å². The van der Waals surface area contributed by atoms with Gasteiger partial charge in [0.1, 0.15) is 6.04 Å². The molecule has 4 atom stereocenters. The van der Waals surface area contributed by atoms with E-state index in [9.17, 15) is 19.5 Å². The number of rotatable bonds is 10. The molecule has 31 heavy (non-hydrogen) atoms. The van der Waals surface area contributed by atoms with E-state index >= 15 is 0 Å². The second-order valence-corrected chi connectivity index (χ2v) is 9.55.